The van der Waals surface area contributed by atoms with Gasteiger partial charge in [0.2, 0.25) is 16.8 Å². The molecule has 1 aliphatic rings. The molecule has 0 spiro atoms. The number of hydrogen-bond acceptors (Lipinski definition) is 7. The van der Waals surface area contributed by atoms with E-state index in [0.717, 1.165) is 39.3 Å². The van der Waals surface area contributed by atoms with E-state index in [1.54, 1.807) is 12.1 Å². The molecule has 0 aliphatic carbocycles. The predicted molar refractivity (Wildman–Crippen MR) is 138 cm³/mol. The van der Waals surface area contributed by atoms with Crippen LogP contribution in [0.3, 0.4) is 0 Å². The Morgan fingerprint density at radius 3 is 1.59 bits per heavy atom. The topological polar surface area (TPSA) is 88.3 Å². The molecule has 0 radical (unpaired) electrons. The normalized spacial score (nSPS) is 12.6. The third kappa shape index (κ3) is 4.36. The van der Waals surface area contributed by atoms with Crippen LogP contribution in [0, 0.1) is 0 Å². The van der Waals surface area contributed by atoms with E-state index in [1.807, 2.05) is 54.4 Å². The minimum Gasteiger partial charge on any atom is -0.454 e. The molecule has 0 amide bonds. The van der Waals surface area contributed by atoms with Crippen molar-refractivity contribution in [2.24, 2.45) is 5.14 Å². The van der Waals surface area contributed by atoms with Crippen molar-refractivity contribution in [2.45, 2.75) is 4.90 Å². The monoisotopic (exact) mass is 482 g/mol. The van der Waals surface area contributed by atoms with Crippen LogP contribution in [0.1, 0.15) is 0 Å². The first-order chi connectivity index (χ1) is 16.0. The average molecular weight is 483 g/mol. The van der Waals surface area contributed by atoms with Gasteiger partial charge < -0.3 is 24.2 Å². The second kappa shape index (κ2) is 8.73. The lowest BCUT2D eigenvalue weighted by atomic mass is 9.92. The molecule has 3 aromatic rings. The van der Waals surface area contributed by atoms with Crippen molar-refractivity contribution in [3.63, 3.8) is 0 Å². The molecule has 2 N–H and O–H groups in total. The van der Waals surface area contributed by atoms with Gasteiger partial charge in [-0.25, -0.2) is 13.6 Å². The van der Waals surface area contributed by atoms with E-state index in [9.17, 15) is 8.42 Å². The van der Waals surface area contributed by atoms with Crippen molar-refractivity contribution in [3.8, 4) is 33.8 Å². The summed E-state index contributed by atoms with van der Waals surface area (Å²) >= 11 is 0. The number of sulfonamides is 1. The molecule has 0 saturated carbocycles. The number of ether oxygens (including phenoxy) is 2. The highest BCUT2D eigenvalue weighted by Gasteiger charge is 2.23. The van der Waals surface area contributed by atoms with Crippen LogP contribution in [0.2, 0.25) is 0 Å². The van der Waals surface area contributed by atoms with Crippen molar-refractivity contribution >= 4 is 27.1 Å². The Morgan fingerprint density at radius 2 is 1.18 bits per heavy atom. The van der Waals surface area contributed by atoms with E-state index in [2.05, 4.69) is 26.8 Å². The van der Waals surface area contributed by atoms with Crippen molar-refractivity contribution in [3.05, 3.63) is 48.5 Å². The minimum atomic E-state index is -3.78. The second-order valence-electron chi connectivity index (χ2n) is 8.87. The molecule has 4 rings (SSSR count). The van der Waals surface area contributed by atoms with Gasteiger partial charge in [0.15, 0.2) is 11.5 Å². The van der Waals surface area contributed by atoms with Crippen molar-refractivity contribution in [2.75, 3.05) is 63.8 Å². The maximum atomic E-state index is 11.7. The zero-order valence-electron chi connectivity index (χ0n) is 20.3. The maximum Gasteiger partial charge on any atom is 0.238 e. The highest BCUT2D eigenvalue weighted by Crippen LogP contribution is 2.47. The third-order valence-electron chi connectivity index (χ3n) is 5.80. The van der Waals surface area contributed by atoms with E-state index >= 15 is 0 Å². The summed E-state index contributed by atoms with van der Waals surface area (Å²) in [5.41, 5.74) is 6.94. The quantitative estimate of drug-likeness (QED) is 0.574. The molecular formula is C25H30N4O4S. The molecule has 8 nitrogen and oxygen atoms in total. The summed E-state index contributed by atoms with van der Waals surface area (Å²) in [7, 11) is 8.40. The predicted octanol–water partition coefficient (Wildman–Crippen LogP) is 3.59. The summed E-state index contributed by atoms with van der Waals surface area (Å²) in [6, 6.07) is 14.8. The number of rotatable bonds is 6. The van der Waals surface area contributed by atoms with Crippen LogP contribution in [0.5, 0.6) is 11.5 Å². The molecule has 34 heavy (non-hydrogen) atoms. The summed E-state index contributed by atoms with van der Waals surface area (Å²) in [5, 5.41) is 5.29. The van der Waals surface area contributed by atoms with E-state index in [-0.39, 0.29) is 11.7 Å². The van der Waals surface area contributed by atoms with Gasteiger partial charge in [0, 0.05) is 42.3 Å². The van der Waals surface area contributed by atoms with E-state index in [4.69, 9.17) is 14.6 Å². The van der Waals surface area contributed by atoms with Crippen LogP contribution in [0.25, 0.3) is 22.3 Å². The molecule has 0 saturated heterocycles. The Kier molecular flexibility index (Phi) is 6.09. The van der Waals surface area contributed by atoms with Gasteiger partial charge in [-0.1, -0.05) is 12.1 Å². The van der Waals surface area contributed by atoms with Crippen LogP contribution < -0.4 is 29.3 Å². The molecular weight excluding hydrogens is 452 g/mol. The number of nitrogens with zero attached hydrogens (tertiary/aromatic N) is 3. The molecule has 0 fully saturated rings. The molecule has 1 aliphatic heterocycles. The molecule has 9 heteroatoms. The van der Waals surface area contributed by atoms with Gasteiger partial charge in [0.05, 0.1) is 22.0 Å². The molecule has 1 heterocycles. The zero-order chi connectivity index (χ0) is 24.8. The first-order valence-corrected chi connectivity index (χ1v) is 12.3. The number of anilines is 3. The maximum absolute atomic E-state index is 11.7. The molecule has 0 bridgehead atoms. The molecule has 0 aromatic heterocycles. The molecule has 3 aromatic carbocycles. The van der Waals surface area contributed by atoms with Crippen molar-refractivity contribution < 1.29 is 17.9 Å². The number of hydrogen-bond donors (Lipinski definition) is 1. The van der Waals surface area contributed by atoms with E-state index < -0.39 is 10.0 Å². The van der Waals surface area contributed by atoms with Crippen LogP contribution >= 0.6 is 0 Å². The van der Waals surface area contributed by atoms with Crippen LogP contribution in [0.15, 0.2) is 53.4 Å². The van der Waals surface area contributed by atoms with Crippen molar-refractivity contribution in [1.29, 1.82) is 0 Å². The van der Waals surface area contributed by atoms with Crippen LogP contribution in [0.4, 0.5) is 17.1 Å². The largest absolute Gasteiger partial charge is 0.454 e. The second-order valence-corrected chi connectivity index (χ2v) is 10.4. The Hall–Kier alpha value is -3.43. The summed E-state index contributed by atoms with van der Waals surface area (Å²) < 4.78 is 34.8. The van der Waals surface area contributed by atoms with Crippen LogP contribution in [-0.2, 0) is 10.0 Å². The fourth-order valence-corrected chi connectivity index (χ4v) is 4.66. The van der Waals surface area contributed by atoms with Crippen LogP contribution in [-0.4, -0.2) is 57.5 Å². The van der Waals surface area contributed by atoms with Gasteiger partial charge >= 0.3 is 0 Å². The fourth-order valence-electron chi connectivity index (χ4n) is 4.14. The Bertz CT molecular complexity index is 1300. The number of nitrogens with two attached hydrogens (primary N) is 1. The first kappa shape index (κ1) is 23.7. The highest BCUT2D eigenvalue weighted by molar-refractivity contribution is 7.89. The standard InChI is InChI=1S/C25H30N4O4S/c1-27(2)21-11-17(12-22(28(3)4)25(21)29(5)6)20-14-24-23(32-15-33-24)13-19(20)16-7-9-18(10-8-16)34(26,30)31/h7-14H,15H2,1-6H3,(H2,26,30,31). The Morgan fingerprint density at radius 1 is 0.706 bits per heavy atom. The first-order valence-electron chi connectivity index (χ1n) is 10.7. The average Bonchev–Trinajstić information content (AvgIpc) is 3.24. The SMILES string of the molecule is CN(C)c1cc(-c2cc3c(cc2-c2ccc(S(N)(=O)=O)cc2)OCO3)cc(N(C)C)c1N(C)C. The van der Waals surface area contributed by atoms with Gasteiger partial charge in [-0.15, -0.1) is 0 Å². The number of fused-ring (bicyclic) bond motifs is 1. The van der Waals surface area contributed by atoms with E-state index in [1.165, 1.54) is 12.1 Å². The summed E-state index contributed by atoms with van der Waals surface area (Å²) in [5.74, 6) is 1.33. The minimum absolute atomic E-state index is 0.0682. The van der Waals surface area contributed by atoms with Crippen molar-refractivity contribution in [1.82, 2.24) is 0 Å². The molecule has 0 unspecified atom stereocenters. The Labute approximate surface area is 201 Å². The smallest absolute Gasteiger partial charge is 0.238 e. The zero-order valence-corrected chi connectivity index (χ0v) is 21.1. The lowest BCUT2D eigenvalue weighted by Crippen LogP contribution is -2.21. The Balaban J connectivity index is 1.98. The van der Waals surface area contributed by atoms with Gasteiger partial charge in [-0.05, 0) is 58.7 Å². The van der Waals surface area contributed by atoms with Gasteiger partial charge in [0.1, 0.15) is 0 Å². The van der Waals surface area contributed by atoms with Gasteiger partial charge in [0.25, 0.3) is 0 Å². The van der Waals surface area contributed by atoms with Gasteiger partial charge in [-0.3, -0.25) is 0 Å². The molecule has 180 valence electrons. The summed E-state index contributed by atoms with van der Waals surface area (Å²) in [4.78, 5) is 6.37. The number of primary sulfonamides is 1. The highest BCUT2D eigenvalue weighted by atomic mass is 32.2. The lowest BCUT2D eigenvalue weighted by Gasteiger charge is -2.29. The van der Waals surface area contributed by atoms with Gasteiger partial charge in [-0.2, -0.15) is 0 Å². The fraction of sp³-hybridized carbons (Fsp3) is 0.280. The third-order valence-corrected chi connectivity index (χ3v) is 6.73. The summed E-state index contributed by atoms with van der Waals surface area (Å²) in [6.45, 7) is 0.161. The molecule has 0 atom stereocenters. The lowest BCUT2D eigenvalue weighted by molar-refractivity contribution is 0.174. The summed E-state index contributed by atoms with van der Waals surface area (Å²) in [6.07, 6.45) is 0. The van der Waals surface area contributed by atoms with E-state index in [0.29, 0.717) is 11.5 Å². The number of benzene rings is 3.